The fourth-order valence-corrected chi connectivity index (χ4v) is 2.25. The molecule has 0 fully saturated rings. The molecule has 1 aromatic rings. The normalized spacial score (nSPS) is 13.0. The van der Waals surface area contributed by atoms with Gasteiger partial charge in [-0.15, -0.1) is 11.8 Å². The van der Waals surface area contributed by atoms with Crippen LogP contribution in [-0.2, 0) is 4.74 Å². The first-order valence-electron chi connectivity index (χ1n) is 6.12. The largest absolute Gasteiger partial charge is 0.390 e. The number of hydrogen-bond acceptors (Lipinski definition) is 3. The van der Waals surface area contributed by atoms with E-state index in [1.165, 1.54) is 10.5 Å². The van der Waals surface area contributed by atoms with E-state index in [-0.39, 0.29) is 6.10 Å². The third-order valence-corrected chi connectivity index (χ3v) is 3.66. The maximum atomic E-state index is 9.64. The summed E-state index contributed by atoms with van der Waals surface area (Å²) in [5, 5.41) is 9.64. The Morgan fingerprint density at radius 3 is 2.41 bits per heavy atom. The Morgan fingerprint density at radius 1 is 1.24 bits per heavy atom. The maximum Gasteiger partial charge on any atom is 0.0867 e. The van der Waals surface area contributed by atoms with Crippen LogP contribution in [0.15, 0.2) is 29.2 Å². The van der Waals surface area contributed by atoms with Crippen molar-refractivity contribution in [2.75, 3.05) is 19.0 Å². The van der Waals surface area contributed by atoms with Gasteiger partial charge in [0.25, 0.3) is 0 Å². The average molecular weight is 254 g/mol. The quantitative estimate of drug-likeness (QED) is 0.757. The van der Waals surface area contributed by atoms with Gasteiger partial charge in [-0.3, -0.25) is 0 Å². The van der Waals surface area contributed by atoms with Gasteiger partial charge in [0.2, 0.25) is 0 Å². The second-order valence-corrected chi connectivity index (χ2v) is 5.44. The fourth-order valence-electron chi connectivity index (χ4n) is 1.44. The highest BCUT2D eigenvalue weighted by atomic mass is 32.2. The maximum absolute atomic E-state index is 9.64. The van der Waals surface area contributed by atoms with Gasteiger partial charge in [0.15, 0.2) is 0 Å². The van der Waals surface area contributed by atoms with Crippen molar-refractivity contribution < 1.29 is 9.84 Å². The molecule has 3 heteroatoms. The number of aliphatic hydroxyl groups is 1. The van der Waals surface area contributed by atoms with Crippen molar-refractivity contribution in [3.05, 3.63) is 29.8 Å². The van der Waals surface area contributed by atoms with Gasteiger partial charge in [0.05, 0.1) is 12.7 Å². The van der Waals surface area contributed by atoms with Crippen LogP contribution >= 0.6 is 11.8 Å². The van der Waals surface area contributed by atoms with Gasteiger partial charge in [-0.1, -0.05) is 26.0 Å². The number of ether oxygens (including phenoxy) is 1. The number of benzene rings is 1. The van der Waals surface area contributed by atoms with Crippen LogP contribution in [0.3, 0.4) is 0 Å². The third-order valence-electron chi connectivity index (χ3n) is 2.50. The number of thioether (sulfide) groups is 1. The molecular weight excluding hydrogens is 232 g/mol. The number of aliphatic hydroxyl groups excluding tert-OH is 1. The van der Waals surface area contributed by atoms with E-state index in [0.717, 1.165) is 0 Å². The molecule has 0 bridgehead atoms. The minimum Gasteiger partial charge on any atom is -0.390 e. The third kappa shape index (κ3) is 5.57. The topological polar surface area (TPSA) is 29.5 Å². The van der Waals surface area contributed by atoms with Gasteiger partial charge in [-0.25, -0.2) is 0 Å². The predicted molar refractivity (Wildman–Crippen MR) is 73.8 cm³/mol. The SMILES string of the molecule is CCOCC(O)CSc1ccc(C(C)C)cc1. The zero-order valence-electron chi connectivity index (χ0n) is 10.8. The van der Waals surface area contributed by atoms with E-state index >= 15 is 0 Å². The standard InChI is InChI=1S/C14H22O2S/c1-4-16-9-13(15)10-17-14-7-5-12(6-8-14)11(2)3/h5-8,11,13,15H,4,9-10H2,1-3H3. The lowest BCUT2D eigenvalue weighted by Crippen LogP contribution is -2.17. The van der Waals surface area contributed by atoms with Crippen molar-refractivity contribution in [2.45, 2.75) is 37.7 Å². The molecule has 0 aliphatic rings. The van der Waals surface area contributed by atoms with Crippen molar-refractivity contribution in [3.63, 3.8) is 0 Å². The van der Waals surface area contributed by atoms with Crippen LogP contribution < -0.4 is 0 Å². The van der Waals surface area contributed by atoms with Crippen molar-refractivity contribution in [2.24, 2.45) is 0 Å². The van der Waals surface area contributed by atoms with Gasteiger partial charge in [-0.2, -0.15) is 0 Å². The Balaban J connectivity index is 2.36. The highest BCUT2D eigenvalue weighted by molar-refractivity contribution is 7.99. The highest BCUT2D eigenvalue weighted by Gasteiger charge is 2.05. The molecule has 96 valence electrons. The fraction of sp³-hybridized carbons (Fsp3) is 0.571. The summed E-state index contributed by atoms with van der Waals surface area (Å²) in [4.78, 5) is 1.20. The van der Waals surface area contributed by atoms with Gasteiger partial charge in [0.1, 0.15) is 0 Å². The van der Waals surface area contributed by atoms with Crippen LogP contribution in [0.25, 0.3) is 0 Å². The minimum atomic E-state index is -0.385. The second kappa shape index (κ2) is 7.75. The van der Waals surface area contributed by atoms with E-state index in [1.807, 2.05) is 6.92 Å². The number of hydrogen-bond donors (Lipinski definition) is 1. The lowest BCUT2D eigenvalue weighted by Gasteiger charge is -2.10. The first-order chi connectivity index (χ1) is 8.13. The molecule has 17 heavy (non-hydrogen) atoms. The van der Waals surface area contributed by atoms with Gasteiger partial charge < -0.3 is 9.84 Å². The van der Waals surface area contributed by atoms with E-state index in [4.69, 9.17) is 4.74 Å². The Bertz CT molecular complexity index is 309. The first kappa shape index (κ1) is 14.6. The molecule has 0 saturated heterocycles. The van der Waals surface area contributed by atoms with Gasteiger partial charge >= 0.3 is 0 Å². The van der Waals surface area contributed by atoms with E-state index in [2.05, 4.69) is 38.1 Å². The van der Waals surface area contributed by atoms with Crippen molar-refractivity contribution in [3.8, 4) is 0 Å². The Kier molecular flexibility index (Phi) is 6.63. The first-order valence-corrected chi connectivity index (χ1v) is 7.10. The number of rotatable bonds is 7. The summed E-state index contributed by atoms with van der Waals surface area (Å²) in [5.74, 6) is 1.25. The lowest BCUT2D eigenvalue weighted by molar-refractivity contribution is 0.0551. The van der Waals surface area contributed by atoms with Crippen LogP contribution in [0, 0.1) is 0 Å². The van der Waals surface area contributed by atoms with Crippen molar-refractivity contribution >= 4 is 11.8 Å². The average Bonchev–Trinajstić information content (AvgIpc) is 2.34. The molecule has 0 saturated carbocycles. The molecule has 0 aliphatic heterocycles. The summed E-state index contributed by atoms with van der Waals surface area (Å²) in [6.45, 7) is 7.39. The highest BCUT2D eigenvalue weighted by Crippen LogP contribution is 2.22. The smallest absolute Gasteiger partial charge is 0.0867 e. The molecule has 1 atom stereocenters. The van der Waals surface area contributed by atoms with Crippen molar-refractivity contribution in [1.29, 1.82) is 0 Å². The molecule has 0 aliphatic carbocycles. The second-order valence-electron chi connectivity index (χ2n) is 4.35. The summed E-state index contributed by atoms with van der Waals surface area (Å²) in [6.07, 6.45) is -0.385. The van der Waals surface area contributed by atoms with E-state index in [1.54, 1.807) is 11.8 Å². The molecule has 2 nitrogen and oxygen atoms in total. The minimum absolute atomic E-state index is 0.385. The van der Waals surface area contributed by atoms with Gasteiger partial charge in [-0.05, 0) is 30.5 Å². The molecule has 1 unspecified atom stereocenters. The van der Waals surface area contributed by atoms with E-state index in [0.29, 0.717) is 24.9 Å². The van der Waals surface area contributed by atoms with Gasteiger partial charge in [0, 0.05) is 17.3 Å². The van der Waals surface area contributed by atoms with Crippen LogP contribution in [0.1, 0.15) is 32.3 Å². The molecule has 0 radical (unpaired) electrons. The zero-order valence-corrected chi connectivity index (χ0v) is 11.7. The summed E-state index contributed by atoms with van der Waals surface area (Å²) in [7, 11) is 0. The summed E-state index contributed by atoms with van der Waals surface area (Å²) in [6, 6.07) is 8.55. The molecule has 1 N–H and O–H groups in total. The summed E-state index contributed by atoms with van der Waals surface area (Å²) >= 11 is 1.67. The summed E-state index contributed by atoms with van der Waals surface area (Å²) < 4.78 is 5.17. The van der Waals surface area contributed by atoms with Crippen LogP contribution in [0.2, 0.25) is 0 Å². The monoisotopic (exact) mass is 254 g/mol. The van der Waals surface area contributed by atoms with Crippen LogP contribution in [-0.4, -0.2) is 30.2 Å². The molecular formula is C14H22O2S. The molecule has 0 spiro atoms. The molecule has 0 amide bonds. The predicted octanol–water partition coefficient (Wildman–Crippen LogP) is 3.30. The molecule has 0 heterocycles. The Morgan fingerprint density at radius 2 is 1.88 bits per heavy atom. The zero-order chi connectivity index (χ0) is 12.7. The molecule has 1 aromatic carbocycles. The molecule has 1 rings (SSSR count). The van der Waals surface area contributed by atoms with E-state index < -0.39 is 0 Å². The van der Waals surface area contributed by atoms with Crippen LogP contribution in [0.4, 0.5) is 0 Å². The van der Waals surface area contributed by atoms with E-state index in [9.17, 15) is 5.11 Å². The summed E-state index contributed by atoms with van der Waals surface area (Å²) in [5.41, 5.74) is 1.35. The Labute approximate surface area is 108 Å². The van der Waals surface area contributed by atoms with Crippen LogP contribution in [0.5, 0.6) is 0 Å². The van der Waals surface area contributed by atoms with Crippen molar-refractivity contribution in [1.82, 2.24) is 0 Å². The lowest BCUT2D eigenvalue weighted by atomic mass is 10.0. The Hall–Kier alpha value is -0.510. The molecule has 0 aromatic heterocycles.